The average molecular weight is 216 g/mol. The van der Waals surface area contributed by atoms with Gasteiger partial charge in [-0.1, -0.05) is 6.42 Å². The van der Waals surface area contributed by atoms with Crippen LogP contribution in [0, 0.1) is 11.3 Å². The SMILES string of the molecule is CN(CCC#N)c1ncc(C2CCC2)cn1. The molecule has 0 bridgehead atoms. The topological polar surface area (TPSA) is 52.8 Å². The van der Waals surface area contributed by atoms with E-state index in [-0.39, 0.29) is 0 Å². The van der Waals surface area contributed by atoms with Crippen LogP contribution in [0.2, 0.25) is 0 Å². The molecule has 0 atom stereocenters. The van der Waals surface area contributed by atoms with Crippen LogP contribution in [0.3, 0.4) is 0 Å². The van der Waals surface area contributed by atoms with Gasteiger partial charge in [0, 0.05) is 26.0 Å². The van der Waals surface area contributed by atoms with Crippen molar-refractivity contribution >= 4 is 5.95 Å². The summed E-state index contributed by atoms with van der Waals surface area (Å²) in [7, 11) is 1.91. The Morgan fingerprint density at radius 1 is 1.44 bits per heavy atom. The molecular weight excluding hydrogens is 200 g/mol. The van der Waals surface area contributed by atoms with Crippen molar-refractivity contribution in [2.75, 3.05) is 18.5 Å². The Balaban J connectivity index is 1.98. The van der Waals surface area contributed by atoms with Gasteiger partial charge in [-0.25, -0.2) is 9.97 Å². The molecule has 0 unspecified atom stereocenters. The van der Waals surface area contributed by atoms with E-state index in [1.54, 1.807) is 0 Å². The van der Waals surface area contributed by atoms with Crippen molar-refractivity contribution in [1.82, 2.24) is 9.97 Å². The first-order valence-electron chi connectivity index (χ1n) is 5.71. The van der Waals surface area contributed by atoms with Gasteiger partial charge in [-0.2, -0.15) is 5.26 Å². The van der Waals surface area contributed by atoms with Crippen LogP contribution in [0.1, 0.15) is 37.2 Å². The lowest BCUT2D eigenvalue weighted by atomic mass is 9.81. The Kier molecular flexibility index (Phi) is 3.35. The van der Waals surface area contributed by atoms with Gasteiger partial charge in [-0.15, -0.1) is 0 Å². The van der Waals surface area contributed by atoms with Gasteiger partial charge in [0.15, 0.2) is 0 Å². The van der Waals surface area contributed by atoms with Gasteiger partial charge in [-0.3, -0.25) is 0 Å². The molecule has 0 radical (unpaired) electrons. The molecular formula is C12H16N4. The van der Waals surface area contributed by atoms with E-state index in [1.165, 1.54) is 24.8 Å². The van der Waals surface area contributed by atoms with Crippen molar-refractivity contribution in [2.45, 2.75) is 31.6 Å². The summed E-state index contributed by atoms with van der Waals surface area (Å²) in [5.41, 5.74) is 1.25. The number of anilines is 1. The van der Waals surface area contributed by atoms with Crippen LogP contribution in [-0.2, 0) is 0 Å². The van der Waals surface area contributed by atoms with Crippen LogP contribution in [0.25, 0.3) is 0 Å². The first-order valence-corrected chi connectivity index (χ1v) is 5.71. The van der Waals surface area contributed by atoms with E-state index < -0.39 is 0 Å². The Morgan fingerprint density at radius 3 is 2.62 bits per heavy atom. The minimum absolute atomic E-state index is 0.504. The fraction of sp³-hybridized carbons (Fsp3) is 0.583. The standard InChI is InChI=1S/C12H16N4/c1-16(7-3-6-13)12-14-8-11(9-15-12)10-4-2-5-10/h8-10H,2-5,7H2,1H3. The fourth-order valence-corrected chi connectivity index (χ4v) is 1.80. The fourth-order valence-electron chi connectivity index (χ4n) is 1.80. The average Bonchev–Trinajstić information content (AvgIpc) is 2.24. The van der Waals surface area contributed by atoms with Crippen molar-refractivity contribution in [3.8, 4) is 6.07 Å². The Labute approximate surface area is 95.9 Å². The summed E-state index contributed by atoms with van der Waals surface area (Å²) < 4.78 is 0. The number of rotatable bonds is 4. The molecule has 1 fully saturated rings. The third-order valence-corrected chi connectivity index (χ3v) is 3.14. The summed E-state index contributed by atoms with van der Waals surface area (Å²) in [5, 5.41) is 8.50. The first-order chi connectivity index (χ1) is 7.81. The maximum absolute atomic E-state index is 8.50. The molecule has 1 saturated carbocycles. The number of hydrogen-bond donors (Lipinski definition) is 0. The molecule has 2 rings (SSSR count). The number of hydrogen-bond acceptors (Lipinski definition) is 4. The Bertz CT molecular complexity index is 375. The number of nitrogens with zero attached hydrogens (tertiary/aromatic N) is 4. The summed E-state index contributed by atoms with van der Waals surface area (Å²) >= 11 is 0. The second-order valence-electron chi connectivity index (χ2n) is 4.27. The minimum atomic E-state index is 0.504. The lowest BCUT2D eigenvalue weighted by Gasteiger charge is -2.25. The Hall–Kier alpha value is -1.63. The lowest BCUT2D eigenvalue weighted by Crippen LogP contribution is -2.21. The van der Waals surface area contributed by atoms with E-state index in [4.69, 9.17) is 5.26 Å². The molecule has 4 nitrogen and oxygen atoms in total. The van der Waals surface area contributed by atoms with Crippen LogP contribution >= 0.6 is 0 Å². The summed E-state index contributed by atoms with van der Waals surface area (Å²) in [4.78, 5) is 10.6. The van der Waals surface area contributed by atoms with Gasteiger partial charge in [0.05, 0.1) is 12.5 Å². The van der Waals surface area contributed by atoms with Gasteiger partial charge in [-0.05, 0) is 24.3 Å². The lowest BCUT2D eigenvalue weighted by molar-refractivity contribution is 0.418. The quantitative estimate of drug-likeness (QED) is 0.773. The highest BCUT2D eigenvalue weighted by Gasteiger charge is 2.20. The predicted octanol–water partition coefficient (Wildman–Crippen LogP) is 2.09. The van der Waals surface area contributed by atoms with Gasteiger partial charge >= 0.3 is 0 Å². The molecule has 0 N–H and O–H groups in total. The third-order valence-electron chi connectivity index (χ3n) is 3.14. The van der Waals surface area contributed by atoms with E-state index in [2.05, 4.69) is 16.0 Å². The molecule has 1 aromatic heterocycles. The molecule has 1 aromatic rings. The van der Waals surface area contributed by atoms with Crippen molar-refractivity contribution in [1.29, 1.82) is 5.26 Å². The molecule has 1 aliphatic carbocycles. The van der Waals surface area contributed by atoms with Gasteiger partial charge < -0.3 is 4.90 Å². The van der Waals surface area contributed by atoms with Crippen LogP contribution in [-0.4, -0.2) is 23.6 Å². The largest absolute Gasteiger partial charge is 0.343 e. The highest BCUT2D eigenvalue weighted by Crippen LogP contribution is 2.35. The predicted molar refractivity (Wildman–Crippen MR) is 62.1 cm³/mol. The van der Waals surface area contributed by atoms with Gasteiger partial charge in [0.2, 0.25) is 5.95 Å². The van der Waals surface area contributed by atoms with Crippen LogP contribution in [0.5, 0.6) is 0 Å². The summed E-state index contributed by atoms with van der Waals surface area (Å²) in [6.45, 7) is 0.680. The smallest absolute Gasteiger partial charge is 0.225 e. The summed E-state index contributed by atoms with van der Waals surface area (Å²) in [6.07, 6.45) is 8.22. The second kappa shape index (κ2) is 4.93. The molecule has 0 saturated heterocycles. The molecule has 1 heterocycles. The third kappa shape index (κ3) is 2.30. The van der Waals surface area contributed by atoms with E-state index >= 15 is 0 Å². The molecule has 1 aliphatic rings. The maximum Gasteiger partial charge on any atom is 0.225 e. The summed E-state index contributed by atoms with van der Waals surface area (Å²) in [5.74, 6) is 1.39. The van der Waals surface area contributed by atoms with Gasteiger partial charge in [0.25, 0.3) is 0 Å². The molecule has 0 aromatic carbocycles. The number of aromatic nitrogens is 2. The van der Waals surface area contributed by atoms with Crippen LogP contribution in [0.15, 0.2) is 12.4 Å². The zero-order chi connectivity index (χ0) is 11.4. The summed E-state index contributed by atoms with van der Waals surface area (Å²) in [6, 6.07) is 2.12. The second-order valence-corrected chi connectivity index (χ2v) is 4.27. The first kappa shape index (κ1) is 10.9. The highest BCUT2D eigenvalue weighted by atomic mass is 15.2. The van der Waals surface area contributed by atoms with Crippen molar-refractivity contribution < 1.29 is 0 Å². The van der Waals surface area contributed by atoms with E-state index in [0.29, 0.717) is 24.8 Å². The van der Waals surface area contributed by atoms with Crippen LogP contribution in [0.4, 0.5) is 5.95 Å². The molecule has 16 heavy (non-hydrogen) atoms. The molecule has 84 valence electrons. The van der Waals surface area contributed by atoms with Crippen molar-refractivity contribution in [3.63, 3.8) is 0 Å². The highest BCUT2D eigenvalue weighted by molar-refractivity contribution is 5.29. The Morgan fingerprint density at radius 2 is 2.12 bits per heavy atom. The van der Waals surface area contributed by atoms with E-state index in [9.17, 15) is 0 Å². The zero-order valence-electron chi connectivity index (χ0n) is 9.56. The number of nitriles is 1. The van der Waals surface area contributed by atoms with Crippen molar-refractivity contribution in [2.24, 2.45) is 0 Å². The molecule has 0 spiro atoms. The maximum atomic E-state index is 8.50. The minimum Gasteiger partial charge on any atom is -0.343 e. The molecule has 4 heteroatoms. The van der Waals surface area contributed by atoms with Gasteiger partial charge in [0.1, 0.15) is 0 Å². The van der Waals surface area contributed by atoms with E-state index in [1.807, 2.05) is 24.3 Å². The molecule has 0 aliphatic heterocycles. The molecule has 0 amide bonds. The van der Waals surface area contributed by atoms with Crippen molar-refractivity contribution in [3.05, 3.63) is 18.0 Å². The van der Waals surface area contributed by atoms with Crippen LogP contribution < -0.4 is 4.90 Å². The monoisotopic (exact) mass is 216 g/mol. The van der Waals surface area contributed by atoms with E-state index in [0.717, 1.165) is 0 Å². The zero-order valence-corrected chi connectivity index (χ0v) is 9.56. The normalized spacial score (nSPS) is 15.2.